The van der Waals surface area contributed by atoms with Crippen molar-refractivity contribution >= 4 is 26.1 Å². The average molecular weight is 339 g/mol. The van der Waals surface area contributed by atoms with Crippen molar-refractivity contribution < 1.29 is 8.42 Å². The van der Waals surface area contributed by atoms with Gasteiger partial charge in [-0.3, -0.25) is 0 Å². The van der Waals surface area contributed by atoms with Crippen molar-refractivity contribution in [2.24, 2.45) is 0 Å². The second-order valence-electron chi connectivity index (χ2n) is 5.21. The van der Waals surface area contributed by atoms with Gasteiger partial charge in [0, 0.05) is 31.0 Å². The summed E-state index contributed by atoms with van der Waals surface area (Å²) in [4.78, 5) is 0. The Bertz CT molecular complexity index is 353. The van der Waals surface area contributed by atoms with Crippen molar-refractivity contribution in [3.05, 3.63) is 0 Å². The topological polar surface area (TPSA) is 40.6 Å². The van der Waals surface area contributed by atoms with Crippen LogP contribution in [0.1, 0.15) is 44.9 Å². The molecule has 2 aliphatic rings. The number of halogens is 1. The smallest absolute Gasteiger partial charge is 0.195 e. The highest BCUT2D eigenvalue weighted by Gasteiger charge is 2.36. The molecule has 0 bridgehead atoms. The number of rotatable bonds is 4. The van der Waals surface area contributed by atoms with Gasteiger partial charge in [0.1, 0.15) is 0 Å². The fraction of sp³-hybridized carbons (Fsp3) is 1.00. The zero-order valence-electron chi connectivity index (χ0n) is 10.9. The van der Waals surface area contributed by atoms with Crippen LogP contribution < -0.4 is 0 Å². The standard InChI is InChI=1S/C12H23BrN2O2S/c13-8-7-12-6-2-5-11-15(12)18(16,17)14-9-3-1-4-10-14/h12H,1-11H2. The number of alkyl halides is 1. The van der Waals surface area contributed by atoms with Crippen molar-refractivity contribution in [2.75, 3.05) is 25.0 Å². The molecule has 0 N–H and O–H groups in total. The lowest BCUT2D eigenvalue weighted by molar-refractivity contribution is 0.220. The van der Waals surface area contributed by atoms with E-state index in [1.54, 1.807) is 8.61 Å². The van der Waals surface area contributed by atoms with Gasteiger partial charge in [-0.15, -0.1) is 0 Å². The Kier molecular flexibility index (Phi) is 5.47. The fourth-order valence-electron chi connectivity index (χ4n) is 2.94. The van der Waals surface area contributed by atoms with Crippen molar-refractivity contribution in [1.82, 2.24) is 8.61 Å². The van der Waals surface area contributed by atoms with Gasteiger partial charge in [0.05, 0.1) is 0 Å². The van der Waals surface area contributed by atoms with Crippen LogP contribution in [0.2, 0.25) is 0 Å². The van der Waals surface area contributed by atoms with E-state index in [0.29, 0.717) is 19.6 Å². The molecule has 0 aromatic heterocycles. The molecule has 2 aliphatic heterocycles. The zero-order chi connectivity index (χ0) is 13.0. The molecule has 6 heteroatoms. The third-order valence-corrected chi connectivity index (χ3v) is 6.50. The molecule has 0 amide bonds. The average Bonchev–Trinajstić information content (AvgIpc) is 2.41. The molecule has 2 rings (SSSR count). The van der Waals surface area contributed by atoms with E-state index < -0.39 is 10.2 Å². The molecule has 1 atom stereocenters. The van der Waals surface area contributed by atoms with Gasteiger partial charge in [0.2, 0.25) is 0 Å². The van der Waals surface area contributed by atoms with Crippen LogP contribution in [0.3, 0.4) is 0 Å². The van der Waals surface area contributed by atoms with E-state index in [2.05, 4.69) is 15.9 Å². The monoisotopic (exact) mass is 338 g/mol. The van der Waals surface area contributed by atoms with Crippen LogP contribution in [0.5, 0.6) is 0 Å². The molecule has 1 unspecified atom stereocenters. The third kappa shape index (κ3) is 3.26. The Morgan fingerprint density at radius 3 is 2.33 bits per heavy atom. The van der Waals surface area contributed by atoms with E-state index in [1.165, 1.54) is 0 Å². The van der Waals surface area contributed by atoms with Gasteiger partial charge in [0.15, 0.2) is 0 Å². The minimum atomic E-state index is -3.21. The highest BCUT2D eigenvalue weighted by atomic mass is 79.9. The normalized spacial score (nSPS) is 28.4. The first kappa shape index (κ1) is 14.8. The van der Waals surface area contributed by atoms with E-state index in [4.69, 9.17) is 0 Å². The van der Waals surface area contributed by atoms with Crippen molar-refractivity contribution in [2.45, 2.75) is 51.0 Å². The van der Waals surface area contributed by atoms with Gasteiger partial charge < -0.3 is 0 Å². The number of piperidine rings is 2. The first-order valence-electron chi connectivity index (χ1n) is 6.99. The molecular formula is C12H23BrN2O2S. The highest BCUT2D eigenvalue weighted by Crippen LogP contribution is 2.26. The maximum Gasteiger partial charge on any atom is 0.282 e. The van der Waals surface area contributed by atoms with E-state index in [1.807, 2.05) is 0 Å². The predicted molar refractivity (Wildman–Crippen MR) is 77.1 cm³/mol. The van der Waals surface area contributed by atoms with Crippen LogP contribution in [0, 0.1) is 0 Å². The lowest BCUT2D eigenvalue weighted by atomic mass is 10.0. The van der Waals surface area contributed by atoms with Gasteiger partial charge in [0.25, 0.3) is 10.2 Å². The molecule has 0 spiro atoms. The first-order valence-corrected chi connectivity index (χ1v) is 9.51. The second-order valence-corrected chi connectivity index (χ2v) is 7.88. The van der Waals surface area contributed by atoms with Gasteiger partial charge in [-0.2, -0.15) is 17.0 Å². The Hall–Kier alpha value is 0.350. The van der Waals surface area contributed by atoms with E-state index >= 15 is 0 Å². The lowest BCUT2D eigenvalue weighted by Crippen LogP contribution is -2.51. The van der Waals surface area contributed by atoms with E-state index in [-0.39, 0.29) is 6.04 Å². The Balaban J connectivity index is 2.10. The van der Waals surface area contributed by atoms with Crippen LogP contribution in [-0.2, 0) is 10.2 Å². The quantitative estimate of drug-likeness (QED) is 0.738. The maximum absolute atomic E-state index is 12.7. The van der Waals surface area contributed by atoms with Crippen molar-refractivity contribution in [3.8, 4) is 0 Å². The second kappa shape index (κ2) is 6.68. The van der Waals surface area contributed by atoms with Crippen LogP contribution in [0.4, 0.5) is 0 Å². The van der Waals surface area contributed by atoms with Crippen LogP contribution in [0.25, 0.3) is 0 Å². The molecule has 106 valence electrons. The molecule has 2 saturated heterocycles. The molecule has 2 fully saturated rings. The highest BCUT2D eigenvalue weighted by molar-refractivity contribution is 9.09. The molecule has 0 radical (unpaired) electrons. The third-order valence-electron chi connectivity index (χ3n) is 3.95. The summed E-state index contributed by atoms with van der Waals surface area (Å²) in [7, 11) is -3.21. The molecule has 2 heterocycles. The molecular weight excluding hydrogens is 316 g/mol. The van der Waals surface area contributed by atoms with Crippen LogP contribution in [-0.4, -0.2) is 48.0 Å². The minimum absolute atomic E-state index is 0.199. The molecule has 4 nitrogen and oxygen atoms in total. The number of hydrogen-bond acceptors (Lipinski definition) is 2. The Labute approximate surface area is 119 Å². The Morgan fingerprint density at radius 2 is 1.67 bits per heavy atom. The molecule has 0 aliphatic carbocycles. The molecule has 0 saturated carbocycles. The van der Waals surface area contributed by atoms with Gasteiger partial charge >= 0.3 is 0 Å². The summed E-state index contributed by atoms with van der Waals surface area (Å²) in [5.41, 5.74) is 0. The van der Waals surface area contributed by atoms with Gasteiger partial charge in [-0.25, -0.2) is 0 Å². The van der Waals surface area contributed by atoms with Gasteiger partial charge in [-0.1, -0.05) is 28.8 Å². The Morgan fingerprint density at radius 1 is 1.00 bits per heavy atom. The number of hydrogen-bond donors (Lipinski definition) is 0. The summed E-state index contributed by atoms with van der Waals surface area (Å²) in [6, 6.07) is 0.199. The van der Waals surface area contributed by atoms with Crippen LogP contribution >= 0.6 is 15.9 Å². The first-order chi connectivity index (χ1) is 8.66. The zero-order valence-corrected chi connectivity index (χ0v) is 13.3. The molecule has 0 aromatic carbocycles. The SMILES string of the molecule is O=S(=O)(N1CCCCC1)N1CCCCC1CCBr. The fourth-order valence-corrected chi connectivity index (χ4v) is 5.43. The van der Waals surface area contributed by atoms with Crippen molar-refractivity contribution in [3.63, 3.8) is 0 Å². The lowest BCUT2D eigenvalue weighted by Gasteiger charge is -2.39. The summed E-state index contributed by atoms with van der Waals surface area (Å²) in [5.74, 6) is 0. The minimum Gasteiger partial charge on any atom is -0.195 e. The number of nitrogens with zero attached hydrogens (tertiary/aromatic N) is 2. The summed E-state index contributed by atoms with van der Waals surface area (Å²) < 4.78 is 28.8. The largest absolute Gasteiger partial charge is 0.282 e. The summed E-state index contributed by atoms with van der Waals surface area (Å²) >= 11 is 3.44. The summed E-state index contributed by atoms with van der Waals surface area (Å²) in [6.07, 6.45) is 7.28. The van der Waals surface area contributed by atoms with Crippen LogP contribution in [0.15, 0.2) is 0 Å². The van der Waals surface area contributed by atoms with E-state index in [0.717, 1.165) is 50.3 Å². The summed E-state index contributed by atoms with van der Waals surface area (Å²) in [6.45, 7) is 2.12. The van der Waals surface area contributed by atoms with Gasteiger partial charge in [-0.05, 0) is 32.1 Å². The maximum atomic E-state index is 12.7. The molecule has 18 heavy (non-hydrogen) atoms. The molecule has 0 aromatic rings. The predicted octanol–water partition coefficient (Wildman–Crippen LogP) is 2.36. The van der Waals surface area contributed by atoms with E-state index in [9.17, 15) is 8.42 Å². The van der Waals surface area contributed by atoms with Crippen molar-refractivity contribution in [1.29, 1.82) is 0 Å². The summed E-state index contributed by atoms with van der Waals surface area (Å²) in [5, 5.41) is 0.879.